The van der Waals surface area contributed by atoms with Crippen LogP contribution in [0.25, 0.3) is 0 Å². The van der Waals surface area contributed by atoms with E-state index < -0.39 is 6.23 Å². The van der Waals surface area contributed by atoms with Crippen LogP contribution in [0.15, 0.2) is 30.1 Å². The normalized spacial score (nSPS) is 23.1. The predicted molar refractivity (Wildman–Crippen MR) is 75.2 cm³/mol. The molecule has 1 spiro atoms. The fraction of sp³-hybridized carbons (Fsp3) is 0.467. The maximum atomic E-state index is 12.4. The molecule has 5 heteroatoms. The zero-order chi connectivity index (χ0) is 14.2. The van der Waals surface area contributed by atoms with Crippen molar-refractivity contribution in [1.82, 2.24) is 0 Å². The zero-order valence-corrected chi connectivity index (χ0v) is 11.2. The Kier molecular flexibility index (Phi) is 3.40. The lowest BCUT2D eigenvalue weighted by molar-refractivity contribution is 0.113. The van der Waals surface area contributed by atoms with Crippen LogP contribution >= 0.6 is 0 Å². The van der Waals surface area contributed by atoms with E-state index in [2.05, 4.69) is 5.32 Å². The van der Waals surface area contributed by atoms with E-state index in [-0.39, 0.29) is 18.6 Å². The fourth-order valence-corrected chi connectivity index (χ4v) is 2.65. The van der Waals surface area contributed by atoms with Gasteiger partial charge in [0.25, 0.3) is 0 Å². The molecule has 108 valence electrons. The molecule has 1 unspecified atom stereocenters. The second-order valence-electron chi connectivity index (χ2n) is 5.67. The van der Waals surface area contributed by atoms with E-state index in [9.17, 15) is 9.50 Å². The molecule has 0 radical (unpaired) electrons. The second kappa shape index (κ2) is 5.07. The Balaban J connectivity index is 1.73. The Morgan fingerprint density at radius 2 is 2.35 bits per heavy atom. The van der Waals surface area contributed by atoms with Crippen LogP contribution in [0.3, 0.4) is 0 Å². The number of anilines is 1. The molecule has 0 bridgehead atoms. The maximum absolute atomic E-state index is 12.4. The molecule has 0 amide bonds. The zero-order valence-electron chi connectivity index (χ0n) is 11.2. The molecule has 1 aliphatic heterocycles. The van der Waals surface area contributed by atoms with Crippen LogP contribution in [0.1, 0.15) is 18.4 Å². The van der Waals surface area contributed by atoms with Gasteiger partial charge in [-0.3, -0.25) is 0 Å². The lowest BCUT2D eigenvalue weighted by Crippen LogP contribution is -2.36. The standard InChI is InChI=1S/C15H19FN2O2/c16-7-10(8-17)9-20-12-1-2-13-11(5-12)6-15(3-4-15)14(19)18-13/h1-2,5,7,14,18-19H,3-4,6,8-9,17H2/b10-7+. The van der Waals surface area contributed by atoms with Gasteiger partial charge in [0.15, 0.2) is 0 Å². The van der Waals surface area contributed by atoms with Gasteiger partial charge in [-0.15, -0.1) is 0 Å². The van der Waals surface area contributed by atoms with Crippen LogP contribution < -0.4 is 15.8 Å². The molecule has 20 heavy (non-hydrogen) atoms. The smallest absolute Gasteiger partial charge is 0.130 e. The lowest BCUT2D eigenvalue weighted by atomic mass is 9.89. The van der Waals surface area contributed by atoms with Gasteiger partial charge >= 0.3 is 0 Å². The van der Waals surface area contributed by atoms with Crippen molar-refractivity contribution in [3.05, 3.63) is 35.7 Å². The minimum atomic E-state index is -0.458. The second-order valence-corrected chi connectivity index (χ2v) is 5.67. The lowest BCUT2D eigenvalue weighted by Gasteiger charge is -2.31. The number of aliphatic hydroxyl groups excluding tert-OH is 1. The number of hydrogen-bond donors (Lipinski definition) is 3. The number of nitrogens with one attached hydrogen (secondary N) is 1. The first-order valence-corrected chi connectivity index (χ1v) is 6.85. The first kappa shape index (κ1) is 13.4. The molecule has 1 atom stereocenters. The summed E-state index contributed by atoms with van der Waals surface area (Å²) in [5, 5.41) is 13.2. The summed E-state index contributed by atoms with van der Waals surface area (Å²) in [6.07, 6.45) is 2.99. The Bertz CT molecular complexity index is 541. The molecule has 1 aliphatic carbocycles. The molecule has 0 saturated heterocycles. The average Bonchev–Trinajstić information content (AvgIpc) is 3.22. The highest BCUT2D eigenvalue weighted by molar-refractivity contribution is 5.58. The van der Waals surface area contributed by atoms with Crippen LogP contribution in [-0.4, -0.2) is 24.5 Å². The van der Waals surface area contributed by atoms with Crippen molar-refractivity contribution in [3.63, 3.8) is 0 Å². The summed E-state index contributed by atoms with van der Waals surface area (Å²) >= 11 is 0. The van der Waals surface area contributed by atoms with E-state index in [0.29, 0.717) is 17.7 Å². The van der Waals surface area contributed by atoms with Gasteiger partial charge in [0.2, 0.25) is 0 Å². The average molecular weight is 278 g/mol. The molecule has 0 aromatic heterocycles. The number of benzene rings is 1. The molecule has 1 aromatic rings. The van der Waals surface area contributed by atoms with E-state index in [0.717, 1.165) is 30.5 Å². The highest BCUT2D eigenvalue weighted by Gasteiger charge is 2.51. The summed E-state index contributed by atoms with van der Waals surface area (Å²) < 4.78 is 18.0. The third kappa shape index (κ3) is 2.39. The molecular formula is C15H19FN2O2. The number of rotatable bonds is 4. The molecule has 1 fully saturated rings. The minimum Gasteiger partial charge on any atom is -0.489 e. The summed E-state index contributed by atoms with van der Waals surface area (Å²) in [4.78, 5) is 0. The number of fused-ring (bicyclic) bond motifs is 1. The number of ether oxygens (including phenoxy) is 1. The van der Waals surface area contributed by atoms with Gasteiger partial charge in [-0.1, -0.05) is 0 Å². The SMILES string of the molecule is NC/C(=C\F)COc1ccc2c(c1)CC1(CC1)C(O)N2. The van der Waals surface area contributed by atoms with Gasteiger partial charge in [-0.25, -0.2) is 4.39 Å². The van der Waals surface area contributed by atoms with Gasteiger partial charge in [-0.05, 0) is 43.0 Å². The fourth-order valence-electron chi connectivity index (χ4n) is 2.65. The summed E-state index contributed by atoms with van der Waals surface area (Å²) in [5.41, 5.74) is 7.91. The predicted octanol–water partition coefficient (Wildman–Crippen LogP) is 1.94. The van der Waals surface area contributed by atoms with Crippen LogP contribution in [0, 0.1) is 5.41 Å². The Hall–Kier alpha value is -1.59. The van der Waals surface area contributed by atoms with Crippen molar-refractivity contribution in [2.24, 2.45) is 11.1 Å². The minimum absolute atomic E-state index is 0.00683. The number of hydrogen-bond acceptors (Lipinski definition) is 4. The van der Waals surface area contributed by atoms with E-state index in [1.165, 1.54) is 0 Å². The highest BCUT2D eigenvalue weighted by Crippen LogP contribution is 2.54. The molecule has 4 N–H and O–H groups in total. The van der Waals surface area contributed by atoms with Crippen molar-refractivity contribution >= 4 is 5.69 Å². The first-order valence-electron chi connectivity index (χ1n) is 6.85. The molecule has 2 aliphatic rings. The largest absolute Gasteiger partial charge is 0.489 e. The molecule has 1 saturated carbocycles. The van der Waals surface area contributed by atoms with Crippen molar-refractivity contribution in [1.29, 1.82) is 0 Å². The van der Waals surface area contributed by atoms with E-state index in [1.807, 2.05) is 18.2 Å². The first-order chi connectivity index (χ1) is 9.66. The van der Waals surface area contributed by atoms with Gasteiger partial charge in [0.1, 0.15) is 18.6 Å². The summed E-state index contributed by atoms with van der Waals surface area (Å²) in [5.74, 6) is 0.700. The van der Waals surface area contributed by atoms with Crippen molar-refractivity contribution in [3.8, 4) is 5.75 Å². The number of aliphatic hydroxyl groups is 1. The van der Waals surface area contributed by atoms with Crippen LogP contribution in [0.4, 0.5) is 10.1 Å². The molecule has 3 rings (SSSR count). The Morgan fingerprint density at radius 1 is 1.55 bits per heavy atom. The van der Waals surface area contributed by atoms with Gasteiger partial charge < -0.3 is 20.9 Å². The monoisotopic (exact) mass is 278 g/mol. The number of halogens is 1. The highest BCUT2D eigenvalue weighted by atomic mass is 19.1. The summed E-state index contributed by atoms with van der Waals surface area (Å²) in [6, 6.07) is 5.67. The van der Waals surface area contributed by atoms with Crippen molar-refractivity contribution in [2.45, 2.75) is 25.5 Å². The van der Waals surface area contributed by atoms with E-state index >= 15 is 0 Å². The number of nitrogens with two attached hydrogens (primary N) is 1. The van der Waals surface area contributed by atoms with Crippen LogP contribution in [0.2, 0.25) is 0 Å². The van der Waals surface area contributed by atoms with Gasteiger partial charge in [0, 0.05) is 23.2 Å². The quantitative estimate of drug-likeness (QED) is 0.787. The van der Waals surface area contributed by atoms with Gasteiger partial charge in [0.05, 0.1) is 6.33 Å². The molecule has 4 nitrogen and oxygen atoms in total. The van der Waals surface area contributed by atoms with Crippen LogP contribution in [-0.2, 0) is 6.42 Å². The van der Waals surface area contributed by atoms with Crippen molar-refractivity contribution < 1.29 is 14.2 Å². The summed E-state index contributed by atoms with van der Waals surface area (Å²) in [6.45, 7) is 0.311. The third-order valence-corrected chi connectivity index (χ3v) is 4.22. The van der Waals surface area contributed by atoms with Gasteiger partial charge in [-0.2, -0.15) is 0 Å². The van der Waals surface area contributed by atoms with E-state index in [4.69, 9.17) is 10.5 Å². The Morgan fingerprint density at radius 3 is 3.00 bits per heavy atom. The van der Waals surface area contributed by atoms with E-state index in [1.54, 1.807) is 0 Å². The molecule has 1 aromatic carbocycles. The van der Waals surface area contributed by atoms with Crippen LogP contribution in [0.5, 0.6) is 5.75 Å². The summed E-state index contributed by atoms with van der Waals surface area (Å²) in [7, 11) is 0. The van der Waals surface area contributed by atoms with Crippen molar-refractivity contribution in [2.75, 3.05) is 18.5 Å². The Labute approximate surface area is 117 Å². The molecule has 1 heterocycles. The topological polar surface area (TPSA) is 67.5 Å². The molecular weight excluding hydrogens is 259 g/mol. The maximum Gasteiger partial charge on any atom is 0.130 e. The third-order valence-electron chi connectivity index (χ3n) is 4.22.